The van der Waals surface area contributed by atoms with Crippen molar-refractivity contribution >= 4 is 33.5 Å². The molecule has 10 aromatic rings. The van der Waals surface area contributed by atoms with E-state index in [4.69, 9.17) is 24.9 Å². The first-order chi connectivity index (χ1) is 26.5. The summed E-state index contributed by atoms with van der Waals surface area (Å²) in [5.74, 6) is 2.43. The van der Waals surface area contributed by atoms with Crippen molar-refractivity contribution in [1.82, 2.24) is 39.0 Å². The fourth-order valence-corrected chi connectivity index (χ4v) is 7.53. The Morgan fingerprint density at radius 2 is 1.00 bits per heavy atom. The van der Waals surface area contributed by atoms with Crippen LogP contribution in [0.4, 0.5) is 0 Å². The van der Waals surface area contributed by atoms with E-state index in [1.165, 1.54) is 0 Å². The molecule has 0 radical (unpaired) electrons. The van der Waals surface area contributed by atoms with Gasteiger partial charge in [-0.2, -0.15) is 4.57 Å². The molecular formula is C45H34N9+. The van der Waals surface area contributed by atoms with Gasteiger partial charge in [0.1, 0.15) is 34.6 Å². The number of imidazole rings is 3. The number of para-hydroxylation sites is 3. The topological polar surface area (TPSA) is 94.0 Å². The molecule has 0 aliphatic rings. The van der Waals surface area contributed by atoms with E-state index >= 15 is 0 Å². The van der Waals surface area contributed by atoms with Crippen molar-refractivity contribution < 1.29 is 4.57 Å². The van der Waals surface area contributed by atoms with Gasteiger partial charge in [-0.3, -0.25) is 14.1 Å². The fraction of sp³-hybridized carbons (Fsp3) is 0.0667. The summed E-state index contributed by atoms with van der Waals surface area (Å²) in [4.78, 5) is 28.9. The molecule has 10 rings (SSSR count). The zero-order valence-corrected chi connectivity index (χ0v) is 29.9. The van der Waals surface area contributed by atoms with E-state index in [-0.39, 0.29) is 0 Å². The summed E-state index contributed by atoms with van der Waals surface area (Å²) in [6, 6.07) is 43.7. The van der Waals surface area contributed by atoms with E-state index in [0.717, 1.165) is 101 Å². The fourth-order valence-electron chi connectivity index (χ4n) is 7.53. The summed E-state index contributed by atoms with van der Waals surface area (Å²) >= 11 is 0. The van der Waals surface area contributed by atoms with Crippen molar-refractivity contribution in [2.24, 2.45) is 0 Å². The molecule has 0 spiro atoms. The lowest BCUT2D eigenvalue weighted by Gasteiger charge is -2.15. The van der Waals surface area contributed by atoms with Crippen LogP contribution >= 0.6 is 0 Å². The van der Waals surface area contributed by atoms with Gasteiger partial charge in [-0.15, -0.1) is 4.98 Å². The predicted molar refractivity (Wildman–Crippen MR) is 213 cm³/mol. The minimum absolute atomic E-state index is 0.773. The molecule has 0 fully saturated rings. The van der Waals surface area contributed by atoms with Crippen molar-refractivity contribution in [1.29, 1.82) is 0 Å². The average Bonchev–Trinajstić information content (AvgIpc) is 3.91. The molecule has 0 bridgehead atoms. The number of rotatable bonds is 6. The molecule has 6 heterocycles. The lowest BCUT2D eigenvalue weighted by molar-refractivity contribution is -0.557. The highest BCUT2D eigenvalue weighted by Crippen LogP contribution is 2.37. The second kappa shape index (κ2) is 12.5. The van der Waals surface area contributed by atoms with Crippen LogP contribution in [-0.2, 0) is 0 Å². The van der Waals surface area contributed by atoms with E-state index in [9.17, 15) is 0 Å². The third-order valence-electron chi connectivity index (χ3n) is 10.1. The zero-order valence-electron chi connectivity index (χ0n) is 29.9. The van der Waals surface area contributed by atoms with Crippen LogP contribution in [0.3, 0.4) is 0 Å². The summed E-state index contributed by atoms with van der Waals surface area (Å²) in [6.07, 6.45) is 5.49. The van der Waals surface area contributed by atoms with Crippen LogP contribution in [0.2, 0.25) is 0 Å². The second-order valence-corrected chi connectivity index (χ2v) is 13.6. The normalized spacial score (nSPS) is 11.6. The minimum atomic E-state index is 0.773. The molecule has 0 saturated carbocycles. The molecule has 0 aliphatic carbocycles. The molecule has 54 heavy (non-hydrogen) atoms. The Kier molecular flexibility index (Phi) is 7.26. The largest absolute Gasteiger partial charge is 0.307 e. The lowest BCUT2D eigenvalue weighted by Crippen LogP contribution is -2.33. The first kappa shape index (κ1) is 31.5. The quantitative estimate of drug-likeness (QED) is 0.175. The molecule has 0 unspecified atom stereocenters. The van der Waals surface area contributed by atoms with E-state index in [1.807, 2.05) is 48.9 Å². The Labute approximate surface area is 310 Å². The van der Waals surface area contributed by atoms with Gasteiger partial charge >= 0.3 is 5.65 Å². The standard InChI is InChI=1S/C45H33N9/c1-28-13-4-7-19-37(28)52-40(49-34-16-10-22-46-43(34)52)31-25-32(41-50-35-17-11-23-47-44(35)53(41)38-20-8-5-14-29(38)2)27-33(26-31)42-51-36-18-12-24-48-45(36)54(42)39-21-9-6-15-30(39)3/h4-27H,1-3H3/p+1. The SMILES string of the molecule is Cc1ccccc1-n1c(-c2cc(-c3nc4cccnc4n3-c3ccccc3C)cc(-c3[nH]c4cccnc4[n+]3-c3ccccc3C)c2)nc2cccnc21. The van der Waals surface area contributed by atoms with Gasteiger partial charge in [0.25, 0.3) is 0 Å². The molecule has 9 nitrogen and oxygen atoms in total. The van der Waals surface area contributed by atoms with Gasteiger partial charge in [0.2, 0.25) is 5.82 Å². The molecule has 0 aliphatic heterocycles. The summed E-state index contributed by atoms with van der Waals surface area (Å²) in [6.45, 7) is 6.37. The Morgan fingerprint density at radius 3 is 1.57 bits per heavy atom. The maximum Gasteiger partial charge on any atom is 0.307 e. The molecule has 0 saturated heterocycles. The molecular weight excluding hydrogens is 667 g/mol. The van der Waals surface area contributed by atoms with Crippen molar-refractivity contribution in [3.63, 3.8) is 0 Å². The van der Waals surface area contributed by atoms with Crippen LogP contribution in [0.15, 0.2) is 146 Å². The summed E-state index contributed by atoms with van der Waals surface area (Å²) in [7, 11) is 0. The van der Waals surface area contributed by atoms with E-state index in [1.54, 1.807) is 0 Å². The highest BCUT2D eigenvalue weighted by Gasteiger charge is 2.27. The van der Waals surface area contributed by atoms with Gasteiger partial charge in [0.05, 0.1) is 11.4 Å². The van der Waals surface area contributed by atoms with E-state index in [0.29, 0.717) is 0 Å². The molecule has 4 aromatic carbocycles. The summed E-state index contributed by atoms with van der Waals surface area (Å²) < 4.78 is 6.55. The molecule has 0 amide bonds. The first-order valence-electron chi connectivity index (χ1n) is 17.9. The number of H-pyrrole nitrogens is 1. The van der Waals surface area contributed by atoms with Gasteiger partial charge in [0.15, 0.2) is 16.8 Å². The molecule has 9 heteroatoms. The molecule has 0 atom stereocenters. The van der Waals surface area contributed by atoms with E-state index < -0.39 is 0 Å². The number of nitrogens with one attached hydrogen (secondary N) is 1. The maximum atomic E-state index is 5.28. The number of benzene rings is 4. The Hall–Kier alpha value is -7.26. The van der Waals surface area contributed by atoms with Crippen LogP contribution in [-0.4, -0.2) is 39.0 Å². The second-order valence-electron chi connectivity index (χ2n) is 13.6. The van der Waals surface area contributed by atoms with Crippen LogP contribution < -0.4 is 4.57 Å². The van der Waals surface area contributed by atoms with Crippen molar-refractivity contribution in [3.05, 3.63) is 163 Å². The van der Waals surface area contributed by atoms with Crippen molar-refractivity contribution in [3.8, 4) is 51.2 Å². The minimum Gasteiger partial charge on any atom is -0.276 e. The Balaban J connectivity index is 1.33. The molecule has 6 aromatic heterocycles. The zero-order chi connectivity index (χ0) is 36.3. The number of aryl methyl sites for hydroxylation is 3. The number of aromatic amines is 1. The monoisotopic (exact) mass is 700 g/mol. The highest BCUT2D eigenvalue weighted by molar-refractivity contribution is 5.86. The highest BCUT2D eigenvalue weighted by atomic mass is 15.2. The van der Waals surface area contributed by atoms with Gasteiger partial charge < -0.3 is 0 Å². The number of fused-ring (bicyclic) bond motifs is 3. The van der Waals surface area contributed by atoms with Crippen LogP contribution in [0.1, 0.15) is 16.7 Å². The number of nitrogens with zero attached hydrogens (tertiary/aromatic N) is 8. The van der Waals surface area contributed by atoms with Gasteiger partial charge in [-0.25, -0.2) is 19.9 Å². The molecule has 258 valence electrons. The third kappa shape index (κ3) is 5.01. The number of hydrogen-bond donors (Lipinski definition) is 1. The first-order valence-corrected chi connectivity index (χ1v) is 17.9. The van der Waals surface area contributed by atoms with Crippen LogP contribution in [0, 0.1) is 20.8 Å². The van der Waals surface area contributed by atoms with Crippen molar-refractivity contribution in [2.45, 2.75) is 20.8 Å². The van der Waals surface area contributed by atoms with E-state index in [2.05, 4.69) is 137 Å². The molecule has 1 N–H and O–H groups in total. The average molecular weight is 701 g/mol. The number of hydrogen-bond acceptors (Lipinski definition) is 5. The maximum absolute atomic E-state index is 5.28. The van der Waals surface area contributed by atoms with Crippen LogP contribution in [0.5, 0.6) is 0 Å². The smallest absolute Gasteiger partial charge is 0.276 e. The third-order valence-corrected chi connectivity index (χ3v) is 10.1. The number of pyridine rings is 3. The van der Waals surface area contributed by atoms with Crippen LogP contribution in [0.25, 0.3) is 84.7 Å². The van der Waals surface area contributed by atoms with Gasteiger partial charge in [-0.1, -0.05) is 54.6 Å². The Morgan fingerprint density at radius 1 is 0.500 bits per heavy atom. The lowest BCUT2D eigenvalue weighted by atomic mass is 10.0. The van der Waals surface area contributed by atoms with Gasteiger partial charge in [0, 0.05) is 29.1 Å². The predicted octanol–water partition coefficient (Wildman–Crippen LogP) is 9.23. The number of aromatic nitrogens is 9. The van der Waals surface area contributed by atoms with Crippen molar-refractivity contribution in [2.75, 3.05) is 0 Å². The summed E-state index contributed by atoms with van der Waals surface area (Å²) in [5.41, 5.74) is 14.1. The summed E-state index contributed by atoms with van der Waals surface area (Å²) in [5, 5.41) is 0. The van der Waals surface area contributed by atoms with Gasteiger partial charge in [-0.05, 0) is 110 Å². The Bertz CT molecular complexity index is 2720.